The van der Waals surface area contributed by atoms with Gasteiger partial charge in [-0.05, 0) is 38.0 Å². The Morgan fingerprint density at radius 2 is 2.00 bits per heavy atom. The molecule has 0 spiro atoms. The molecule has 17 heavy (non-hydrogen) atoms. The number of carbonyl (C=O) groups is 1. The molecular weight excluding hydrogens is 212 g/mol. The predicted molar refractivity (Wildman–Crippen MR) is 69.5 cm³/mol. The van der Waals surface area contributed by atoms with E-state index in [1.54, 1.807) is 0 Å². The van der Waals surface area contributed by atoms with E-state index >= 15 is 0 Å². The maximum Gasteiger partial charge on any atom is 0.227 e. The third kappa shape index (κ3) is 2.65. The largest absolute Gasteiger partial charge is 0.339 e. The van der Waals surface area contributed by atoms with Gasteiger partial charge in [0.05, 0.1) is 5.92 Å². The van der Waals surface area contributed by atoms with E-state index < -0.39 is 0 Å². The van der Waals surface area contributed by atoms with Crippen LogP contribution in [0.2, 0.25) is 0 Å². The molecule has 2 aliphatic rings. The Balaban J connectivity index is 2.00. The Bertz CT molecular complexity index is 257. The van der Waals surface area contributed by atoms with Crippen LogP contribution in [0.4, 0.5) is 0 Å². The molecule has 0 bridgehead atoms. The number of amides is 1. The van der Waals surface area contributed by atoms with Crippen molar-refractivity contribution in [3.8, 4) is 0 Å². The molecule has 1 amide bonds. The molecule has 2 N–H and O–H groups in total. The number of nitrogens with zero attached hydrogens (tertiary/aromatic N) is 1. The fourth-order valence-corrected chi connectivity index (χ4v) is 3.58. The summed E-state index contributed by atoms with van der Waals surface area (Å²) in [6, 6.07) is 0.533. The summed E-state index contributed by atoms with van der Waals surface area (Å²) in [5, 5.41) is 0. The van der Waals surface area contributed by atoms with E-state index in [1.807, 2.05) is 0 Å². The van der Waals surface area contributed by atoms with Gasteiger partial charge in [-0.15, -0.1) is 0 Å². The van der Waals surface area contributed by atoms with Crippen molar-refractivity contribution in [2.24, 2.45) is 17.6 Å². The maximum atomic E-state index is 12.4. The topological polar surface area (TPSA) is 46.3 Å². The summed E-state index contributed by atoms with van der Waals surface area (Å²) in [6.45, 7) is 3.54. The Hall–Kier alpha value is -0.570. The van der Waals surface area contributed by atoms with E-state index in [2.05, 4.69) is 11.8 Å². The van der Waals surface area contributed by atoms with Crippen LogP contribution in [0.25, 0.3) is 0 Å². The molecule has 1 saturated carbocycles. The maximum absolute atomic E-state index is 12.4. The van der Waals surface area contributed by atoms with Gasteiger partial charge in [0.25, 0.3) is 0 Å². The second-order valence-electron chi connectivity index (χ2n) is 5.63. The van der Waals surface area contributed by atoms with Gasteiger partial charge in [0.15, 0.2) is 0 Å². The molecule has 1 heterocycles. The quantitative estimate of drug-likeness (QED) is 0.815. The smallest absolute Gasteiger partial charge is 0.227 e. The first kappa shape index (κ1) is 12.9. The van der Waals surface area contributed by atoms with E-state index in [0.29, 0.717) is 18.5 Å². The van der Waals surface area contributed by atoms with Crippen LogP contribution in [0, 0.1) is 11.8 Å². The third-order valence-corrected chi connectivity index (χ3v) is 4.65. The molecule has 3 nitrogen and oxygen atoms in total. The highest BCUT2D eigenvalue weighted by Crippen LogP contribution is 2.36. The second-order valence-corrected chi connectivity index (χ2v) is 5.63. The van der Waals surface area contributed by atoms with Gasteiger partial charge in [-0.2, -0.15) is 0 Å². The van der Waals surface area contributed by atoms with E-state index in [4.69, 9.17) is 5.73 Å². The number of likely N-dealkylation sites (tertiary alicyclic amines) is 1. The normalized spacial score (nSPS) is 27.6. The van der Waals surface area contributed by atoms with Gasteiger partial charge in [-0.1, -0.05) is 19.8 Å². The summed E-state index contributed by atoms with van der Waals surface area (Å²) in [7, 11) is 0. The lowest BCUT2D eigenvalue weighted by Crippen LogP contribution is -2.44. The fraction of sp³-hybridized carbons (Fsp3) is 0.929. The number of hydrogen-bond donors (Lipinski definition) is 1. The van der Waals surface area contributed by atoms with E-state index in [1.165, 1.54) is 38.5 Å². The highest BCUT2D eigenvalue weighted by molar-refractivity contribution is 5.79. The second kappa shape index (κ2) is 5.85. The average Bonchev–Trinajstić information content (AvgIpc) is 3.01. The molecule has 0 aromatic rings. The van der Waals surface area contributed by atoms with Crippen LogP contribution in [0.3, 0.4) is 0 Å². The lowest BCUT2D eigenvalue weighted by atomic mass is 9.95. The Labute approximate surface area is 105 Å². The minimum atomic E-state index is 0.0528. The monoisotopic (exact) mass is 238 g/mol. The molecule has 1 aliphatic carbocycles. The minimum Gasteiger partial charge on any atom is -0.339 e. The van der Waals surface area contributed by atoms with Crippen molar-refractivity contribution in [1.82, 2.24) is 4.90 Å². The van der Waals surface area contributed by atoms with Gasteiger partial charge in [-0.3, -0.25) is 4.79 Å². The van der Waals surface area contributed by atoms with Gasteiger partial charge < -0.3 is 10.6 Å². The molecule has 0 radical (unpaired) electrons. The van der Waals surface area contributed by atoms with Crippen molar-refractivity contribution in [2.45, 2.75) is 57.9 Å². The van der Waals surface area contributed by atoms with E-state index in [-0.39, 0.29) is 5.92 Å². The molecule has 0 aromatic heterocycles. The van der Waals surface area contributed by atoms with Gasteiger partial charge in [0.2, 0.25) is 5.91 Å². The van der Waals surface area contributed by atoms with Crippen LogP contribution in [0.15, 0.2) is 0 Å². The lowest BCUT2D eigenvalue weighted by molar-refractivity contribution is -0.137. The predicted octanol–water partition coefficient (Wildman–Crippen LogP) is 2.15. The summed E-state index contributed by atoms with van der Waals surface area (Å²) in [5.74, 6) is 1.15. The third-order valence-electron chi connectivity index (χ3n) is 4.65. The molecule has 0 aromatic carbocycles. The van der Waals surface area contributed by atoms with Crippen LogP contribution in [-0.4, -0.2) is 29.9 Å². The fourth-order valence-electron chi connectivity index (χ4n) is 3.58. The first-order valence-corrected chi connectivity index (χ1v) is 7.28. The van der Waals surface area contributed by atoms with Crippen molar-refractivity contribution in [2.75, 3.05) is 13.1 Å². The summed E-state index contributed by atoms with van der Waals surface area (Å²) < 4.78 is 0. The molecule has 2 rings (SSSR count). The minimum absolute atomic E-state index is 0.0528. The SMILES string of the molecule is CCC(CN)C(=O)N1CCCC1C1CCCC1. The van der Waals surface area contributed by atoms with Crippen LogP contribution in [-0.2, 0) is 4.79 Å². The van der Waals surface area contributed by atoms with Crippen molar-refractivity contribution in [1.29, 1.82) is 0 Å². The van der Waals surface area contributed by atoms with Gasteiger partial charge in [0, 0.05) is 19.1 Å². The van der Waals surface area contributed by atoms with Crippen LogP contribution in [0.1, 0.15) is 51.9 Å². The van der Waals surface area contributed by atoms with Crippen LogP contribution < -0.4 is 5.73 Å². The molecule has 2 fully saturated rings. The number of rotatable bonds is 4. The average molecular weight is 238 g/mol. The lowest BCUT2D eigenvalue weighted by Gasteiger charge is -2.31. The molecule has 1 aliphatic heterocycles. The Morgan fingerprint density at radius 3 is 2.59 bits per heavy atom. The molecule has 3 heteroatoms. The zero-order chi connectivity index (χ0) is 12.3. The first-order chi connectivity index (χ1) is 8.27. The Kier molecular flexibility index (Phi) is 4.43. The first-order valence-electron chi connectivity index (χ1n) is 7.28. The van der Waals surface area contributed by atoms with Crippen molar-refractivity contribution >= 4 is 5.91 Å². The highest BCUT2D eigenvalue weighted by atomic mass is 16.2. The summed E-state index contributed by atoms with van der Waals surface area (Å²) in [4.78, 5) is 14.6. The van der Waals surface area contributed by atoms with Crippen LogP contribution in [0.5, 0.6) is 0 Å². The molecule has 1 saturated heterocycles. The van der Waals surface area contributed by atoms with Crippen molar-refractivity contribution in [3.05, 3.63) is 0 Å². The van der Waals surface area contributed by atoms with E-state index in [9.17, 15) is 4.79 Å². The number of hydrogen-bond acceptors (Lipinski definition) is 2. The van der Waals surface area contributed by atoms with Crippen molar-refractivity contribution < 1.29 is 4.79 Å². The van der Waals surface area contributed by atoms with Gasteiger partial charge >= 0.3 is 0 Å². The zero-order valence-corrected chi connectivity index (χ0v) is 11.0. The molecule has 98 valence electrons. The standard InChI is InChI=1S/C14H26N2O/c1-2-11(10-15)14(17)16-9-5-8-13(16)12-6-3-4-7-12/h11-13H,2-10,15H2,1H3. The highest BCUT2D eigenvalue weighted by Gasteiger charge is 2.37. The molecule has 2 atom stereocenters. The Morgan fingerprint density at radius 1 is 1.29 bits per heavy atom. The van der Waals surface area contributed by atoms with Crippen molar-refractivity contribution in [3.63, 3.8) is 0 Å². The van der Waals surface area contributed by atoms with E-state index in [0.717, 1.165) is 18.9 Å². The summed E-state index contributed by atoms with van der Waals surface area (Å²) >= 11 is 0. The number of nitrogens with two attached hydrogens (primary N) is 1. The number of carbonyl (C=O) groups excluding carboxylic acids is 1. The van der Waals surface area contributed by atoms with Crippen LogP contribution >= 0.6 is 0 Å². The molecule has 2 unspecified atom stereocenters. The zero-order valence-electron chi connectivity index (χ0n) is 11.0. The molecular formula is C14H26N2O. The summed E-state index contributed by atoms with van der Waals surface area (Å²) in [5.41, 5.74) is 5.70. The summed E-state index contributed by atoms with van der Waals surface area (Å²) in [6.07, 6.45) is 8.66. The van der Waals surface area contributed by atoms with Gasteiger partial charge in [0.1, 0.15) is 0 Å². The van der Waals surface area contributed by atoms with Gasteiger partial charge in [-0.25, -0.2) is 0 Å².